The normalized spacial score (nSPS) is 15.1. The minimum absolute atomic E-state index is 0. The molecule has 1 saturated heterocycles. The average Bonchev–Trinajstić information content (AvgIpc) is 3.08. The highest BCUT2D eigenvalue weighted by Gasteiger charge is 2.37. The highest BCUT2D eigenvalue weighted by Crippen LogP contribution is 2.38. The van der Waals surface area contributed by atoms with Crippen molar-refractivity contribution in [2.75, 3.05) is 17.2 Å². The highest BCUT2D eigenvalue weighted by molar-refractivity contribution is 7.59. The lowest BCUT2D eigenvalue weighted by Gasteiger charge is -2.42. The number of anilines is 2. The molecule has 1 atom stereocenters. The van der Waals surface area contributed by atoms with E-state index in [0.29, 0.717) is 41.6 Å². The van der Waals surface area contributed by atoms with Crippen molar-refractivity contribution in [2.45, 2.75) is 19.4 Å². The molecule has 5 rings (SSSR count). The van der Waals surface area contributed by atoms with Crippen LogP contribution in [0.4, 0.5) is 16.2 Å². The van der Waals surface area contributed by atoms with Crippen molar-refractivity contribution in [1.82, 2.24) is 24.1 Å². The average molecular weight is 485 g/mol. The lowest BCUT2D eigenvalue weighted by Crippen LogP contribution is -2.45. The summed E-state index contributed by atoms with van der Waals surface area (Å²) >= 11 is 6.22. The fourth-order valence-corrected chi connectivity index (χ4v) is 4.18. The standard InChI is InChI=1S/C21H16ClFN8O.H2S/c1-11-14(10-24)18(27-21(25)26-11)29-7-6-16(29)19-28-30-8-5-15(22)17(30)20(32)31(19)13-4-2-3-12(23)9-13;/h2-5,8-9,16H,6-7H2,1H3,(H2,25,26,27);1H2/t16-;/m0./s1. The third-order valence-electron chi connectivity index (χ3n) is 5.52. The third-order valence-corrected chi connectivity index (χ3v) is 5.82. The zero-order valence-electron chi connectivity index (χ0n) is 17.3. The Bertz CT molecular complexity index is 1490. The predicted molar refractivity (Wildman–Crippen MR) is 127 cm³/mol. The largest absolute Gasteiger partial charge is 0.368 e. The Hall–Kier alpha value is -3.62. The number of benzene rings is 1. The van der Waals surface area contributed by atoms with Crippen LogP contribution in [-0.2, 0) is 0 Å². The van der Waals surface area contributed by atoms with Gasteiger partial charge in [0.1, 0.15) is 23.0 Å². The Morgan fingerprint density at radius 3 is 2.76 bits per heavy atom. The van der Waals surface area contributed by atoms with Crippen LogP contribution < -0.4 is 16.2 Å². The summed E-state index contributed by atoms with van der Waals surface area (Å²) in [7, 11) is 0. The molecule has 0 amide bonds. The summed E-state index contributed by atoms with van der Waals surface area (Å²) in [5.41, 5.74) is 6.67. The second kappa shape index (κ2) is 8.38. The number of hydrogen-bond donors (Lipinski definition) is 1. The number of aryl methyl sites for hydroxylation is 1. The van der Waals surface area contributed by atoms with Crippen LogP contribution in [-0.4, -0.2) is 30.7 Å². The first-order valence-corrected chi connectivity index (χ1v) is 10.1. The Morgan fingerprint density at radius 2 is 2.09 bits per heavy atom. The molecular weight excluding hydrogens is 467 g/mol. The van der Waals surface area contributed by atoms with E-state index >= 15 is 0 Å². The highest BCUT2D eigenvalue weighted by atomic mass is 35.5. The van der Waals surface area contributed by atoms with Gasteiger partial charge in [-0.1, -0.05) is 17.7 Å². The molecule has 33 heavy (non-hydrogen) atoms. The van der Waals surface area contributed by atoms with Gasteiger partial charge in [0, 0.05) is 12.7 Å². The molecule has 2 N–H and O–H groups in total. The topological polar surface area (TPSA) is 118 Å². The van der Waals surface area contributed by atoms with Crippen LogP contribution in [0.15, 0.2) is 41.3 Å². The lowest BCUT2D eigenvalue weighted by molar-refractivity contribution is 0.422. The van der Waals surface area contributed by atoms with Gasteiger partial charge in [0.2, 0.25) is 5.95 Å². The van der Waals surface area contributed by atoms with Crippen molar-refractivity contribution in [3.05, 3.63) is 74.8 Å². The van der Waals surface area contributed by atoms with Crippen LogP contribution >= 0.6 is 25.1 Å². The number of rotatable bonds is 3. The van der Waals surface area contributed by atoms with E-state index in [9.17, 15) is 14.4 Å². The molecule has 3 aromatic heterocycles. The fourth-order valence-electron chi connectivity index (χ4n) is 3.95. The van der Waals surface area contributed by atoms with Gasteiger partial charge in [0.15, 0.2) is 11.6 Å². The molecule has 0 radical (unpaired) electrons. The Labute approximate surface area is 199 Å². The number of nitrogens with zero attached hydrogens (tertiary/aromatic N) is 7. The van der Waals surface area contributed by atoms with Crippen LogP contribution in [0.5, 0.6) is 0 Å². The number of nitrogen functional groups attached to an aromatic ring is 1. The molecule has 0 aliphatic carbocycles. The molecule has 4 aromatic rings. The van der Waals surface area contributed by atoms with Crippen molar-refractivity contribution in [1.29, 1.82) is 5.26 Å². The maximum atomic E-state index is 14.0. The Kier molecular flexibility index (Phi) is 5.73. The maximum Gasteiger partial charge on any atom is 0.284 e. The summed E-state index contributed by atoms with van der Waals surface area (Å²) in [6.07, 6.45) is 2.23. The van der Waals surface area contributed by atoms with E-state index in [1.807, 2.05) is 4.90 Å². The molecule has 1 fully saturated rings. The van der Waals surface area contributed by atoms with E-state index < -0.39 is 17.4 Å². The van der Waals surface area contributed by atoms with Gasteiger partial charge in [-0.3, -0.25) is 9.36 Å². The van der Waals surface area contributed by atoms with E-state index in [0.717, 1.165) is 0 Å². The second-order valence-electron chi connectivity index (χ2n) is 7.41. The first-order valence-electron chi connectivity index (χ1n) is 9.75. The molecule has 9 nitrogen and oxygen atoms in total. The van der Waals surface area contributed by atoms with Gasteiger partial charge in [-0.15, -0.1) is 0 Å². The van der Waals surface area contributed by atoms with E-state index in [1.54, 1.807) is 25.3 Å². The third kappa shape index (κ3) is 3.57. The Morgan fingerprint density at radius 1 is 1.30 bits per heavy atom. The molecule has 1 aromatic carbocycles. The van der Waals surface area contributed by atoms with Crippen LogP contribution in [0.2, 0.25) is 5.02 Å². The first-order chi connectivity index (χ1) is 15.4. The zero-order valence-corrected chi connectivity index (χ0v) is 19.1. The SMILES string of the molecule is Cc1nc(N)nc(N2CC[C@H]2c2nn3ccc(Cl)c3c(=O)n2-c2cccc(F)c2)c1C#N.S. The molecule has 168 valence electrons. The van der Waals surface area contributed by atoms with Gasteiger partial charge in [0.25, 0.3) is 5.56 Å². The fraction of sp³-hybridized carbons (Fsp3) is 0.190. The number of halogens is 2. The first kappa shape index (κ1) is 22.6. The molecule has 0 spiro atoms. The van der Waals surface area contributed by atoms with Crippen molar-refractivity contribution >= 4 is 42.4 Å². The van der Waals surface area contributed by atoms with Gasteiger partial charge in [-0.25, -0.2) is 13.9 Å². The molecule has 1 aliphatic rings. The molecule has 0 saturated carbocycles. The minimum atomic E-state index is -0.488. The molecular formula is C21H18ClFN8OS. The van der Waals surface area contributed by atoms with Crippen LogP contribution in [0.1, 0.15) is 29.5 Å². The molecule has 4 heterocycles. The minimum Gasteiger partial charge on any atom is -0.368 e. The van der Waals surface area contributed by atoms with E-state index in [2.05, 4.69) is 21.1 Å². The van der Waals surface area contributed by atoms with Crippen molar-refractivity contribution in [3.63, 3.8) is 0 Å². The van der Waals surface area contributed by atoms with Gasteiger partial charge in [-0.2, -0.15) is 28.8 Å². The van der Waals surface area contributed by atoms with E-state index in [1.165, 1.54) is 27.3 Å². The Balaban J connectivity index is 0.00000259. The van der Waals surface area contributed by atoms with Crippen molar-refractivity contribution in [3.8, 4) is 11.8 Å². The van der Waals surface area contributed by atoms with Gasteiger partial charge >= 0.3 is 0 Å². The summed E-state index contributed by atoms with van der Waals surface area (Å²) in [5, 5.41) is 14.5. The summed E-state index contributed by atoms with van der Waals surface area (Å²) < 4.78 is 16.8. The predicted octanol–water partition coefficient (Wildman–Crippen LogP) is 2.89. The van der Waals surface area contributed by atoms with E-state index in [4.69, 9.17) is 17.3 Å². The summed E-state index contributed by atoms with van der Waals surface area (Å²) in [6, 6.07) is 9.00. The van der Waals surface area contributed by atoms with Crippen LogP contribution in [0, 0.1) is 24.1 Å². The smallest absolute Gasteiger partial charge is 0.284 e. The van der Waals surface area contributed by atoms with Crippen molar-refractivity contribution < 1.29 is 4.39 Å². The maximum absolute atomic E-state index is 14.0. The second-order valence-corrected chi connectivity index (χ2v) is 7.82. The van der Waals surface area contributed by atoms with Crippen molar-refractivity contribution in [2.24, 2.45) is 0 Å². The summed E-state index contributed by atoms with van der Waals surface area (Å²) in [6.45, 7) is 2.25. The van der Waals surface area contributed by atoms with Crippen LogP contribution in [0.3, 0.4) is 0 Å². The molecule has 12 heteroatoms. The number of nitrogens with two attached hydrogens (primary N) is 1. The lowest BCUT2D eigenvalue weighted by atomic mass is 10.0. The monoisotopic (exact) mass is 484 g/mol. The molecule has 1 aliphatic heterocycles. The number of hydrogen-bond acceptors (Lipinski definition) is 7. The number of nitriles is 1. The van der Waals surface area contributed by atoms with Gasteiger partial charge in [-0.05, 0) is 37.6 Å². The quantitative estimate of drug-likeness (QED) is 0.475. The molecule has 0 bridgehead atoms. The van der Waals surface area contributed by atoms with Gasteiger partial charge < -0.3 is 10.6 Å². The summed E-state index contributed by atoms with van der Waals surface area (Å²) in [4.78, 5) is 23.6. The summed E-state index contributed by atoms with van der Waals surface area (Å²) in [5.74, 6) is 0.299. The van der Waals surface area contributed by atoms with Gasteiger partial charge in [0.05, 0.1) is 22.4 Å². The molecule has 0 unspecified atom stereocenters. The zero-order chi connectivity index (χ0) is 22.6. The number of fused-ring (bicyclic) bond motifs is 1. The van der Waals surface area contributed by atoms with Crippen LogP contribution in [0.25, 0.3) is 11.2 Å². The van der Waals surface area contributed by atoms with E-state index in [-0.39, 0.29) is 30.0 Å². The number of aromatic nitrogens is 5.